The fourth-order valence-corrected chi connectivity index (χ4v) is 2.26. The highest BCUT2D eigenvalue weighted by Gasteiger charge is 2.25. The number of nitrogens with one attached hydrogen (secondary N) is 1. The van der Waals surface area contributed by atoms with Crippen molar-refractivity contribution in [3.05, 3.63) is 0 Å². The van der Waals surface area contributed by atoms with Crippen LogP contribution in [0.2, 0.25) is 0 Å². The van der Waals surface area contributed by atoms with Crippen LogP contribution in [0.3, 0.4) is 0 Å². The van der Waals surface area contributed by atoms with Gasteiger partial charge in [0.2, 0.25) is 5.91 Å². The van der Waals surface area contributed by atoms with E-state index < -0.39 is 12.0 Å². The van der Waals surface area contributed by atoms with Gasteiger partial charge in [0.25, 0.3) is 0 Å². The summed E-state index contributed by atoms with van der Waals surface area (Å²) in [6, 6.07) is -0.787. The summed E-state index contributed by atoms with van der Waals surface area (Å²) in [4.78, 5) is 22.9. The van der Waals surface area contributed by atoms with E-state index in [9.17, 15) is 9.59 Å². The van der Waals surface area contributed by atoms with Crippen LogP contribution in [-0.2, 0) is 14.3 Å². The summed E-state index contributed by atoms with van der Waals surface area (Å²) in [5, 5.41) is 11.7. The minimum Gasteiger partial charge on any atom is -0.480 e. The van der Waals surface area contributed by atoms with E-state index in [4.69, 9.17) is 9.84 Å². The number of carbonyl (C=O) groups excluding carboxylic acids is 1. The Labute approximate surface area is 114 Å². The molecule has 1 fully saturated rings. The molecule has 110 valence electrons. The highest BCUT2D eigenvalue weighted by atomic mass is 16.5. The van der Waals surface area contributed by atoms with Crippen molar-refractivity contribution in [1.82, 2.24) is 5.32 Å². The molecule has 0 aromatic rings. The van der Waals surface area contributed by atoms with Crippen molar-refractivity contribution in [3.63, 3.8) is 0 Å². The Kier molecular flexibility index (Phi) is 6.84. The molecular weight excluding hydrogens is 246 g/mol. The second-order valence-corrected chi connectivity index (χ2v) is 5.30. The second kappa shape index (κ2) is 8.15. The predicted molar refractivity (Wildman–Crippen MR) is 71.8 cm³/mol. The normalized spacial score (nSPS) is 22.5. The van der Waals surface area contributed by atoms with Gasteiger partial charge in [0.15, 0.2) is 0 Å². The average Bonchev–Trinajstić information content (AvgIpc) is 2.42. The lowest BCUT2D eigenvalue weighted by Crippen LogP contribution is -2.45. The molecule has 1 saturated heterocycles. The fourth-order valence-electron chi connectivity index (χ4n) is 2.26. The molecular formula is C14H25NO4. The van der Waals surface area contributed by atoms with Crippen LogP contribution in [0.4, 0.5) is 0 Å². The van der Waals surface area contributed by atoms with E-state index in [1.165, 1.54) is 0 Å². The lowest BCUT2D eigenvalue weighted by atomic mass is 9.98. The molecule has 1 aliphatic heterocycles. The molecule has 1 rings (SSSR count). The maximum absolute atomic E-state index is 11.8. The number of carboxylic acids is 1. The Morgan fingerprint density at radius 3 is 2.68 bits per heavy atom. The van der Waals surface area contributed by atoms with Crippen LogP contribution in [0.1, 0.15) is 52.4 Å². The van der Waals surface area contributed by atoms with Crippen LogP contribution in [0.25, 0.3) is 0 Å². The van der Waals surface area contributed by atoms with E-state index in [0.717, 1.165) is 32.3 Å². The van der Waals surface area contributed by atoms with Crippen molar-refractivity contribution < 1.29 is 19.4 Å². The number of hydrogen-bond donors (Lipinski definition) is 2. The van der Waals surface area contributed by atoms with Gasteiger partial charge in [-0.05, 0) is 31.6 Å². The largest absolute Gasteiger partial charge is 0.480 e. The van der Waals surface area contributed by atoms with Gasteiger partial charge in [-0.15, -0.1) is 0 Å². The molecule has 1 amide bonds. The summed E-state index contributed by atoms with van der Waals surface area (Å²) in [5.74, 6) is -1.22. The monoisotopic (exact) mass is 271 g/mol. The SMILES string of the molecule is CCC(C)[C@H](NC(=O)CCC1CCCCO1)C(=O)O. The Morgan fingerprint density at radius 1 is 1.42 bits per heavy atom. The molecule has 0 aliphatic carbocycles. The van der Waals surface area contributed by atoms with E-state index in [-0.39, 0.29) is 17.9 Å². The first kappa shape index (κ1) is 16.0. The van der Waals surface area contributed by atoms with Crippen LogP contribution >= 0.6 is 0 Å². The molecule has 3 atom stereocenters. The molecule has 0 aromatic heterocycles. The summed E-state index contributed by atoms with van der Waals surface area (Å²) in [5.41, 5.74) is 0. The van der Waals surface area contributed by atoms with Crippen molar-refractivity contribution >= 4 is 11.9 Å². The van der Waals surface area contributed by atoms with Crippen LogP contribution in [0, 0.1) is 5.92 Å². The highest BCUT2D eigenvalue weighted by Crippen LogP contribution is 2.17. The van der Waals surface area contributed by atoms with E-state index >= 15 is 0 Å². The van der Waals surface area contributed by atoms with Gasteiger partial charge in [-0.25, -0.2) is 4.79 Å². The molecule has 19 heavy (non-hydrogen) atoms. The van der Waals surface area contributed by atoms with Gasteiger partial charge in [-0.1, -0.05) is 20.3 Å². The van der Waals surface area contributed by atoms with Gasteiger partial charge < -0.3 is 15.2 Å². The highest BCUT2D eigenvalue weighted by molar-refractivity contribution is 5.83. The number of ether oxygens (including phenoxy) is 1. The summed E-state index contributed by atoms with van der Waals surface area (Å²) in [7, 11) is 0. The van der Waals surface area contributed by atoms with Crippen molar-refractivity contribution in [2.24, 2.45) is 5.92 Å². The average molecular weight is 271 g/mol. The predicted octanol–water partition coefficient (Wildman–Crippen LogP) is 1.95. The van der Waals surface area contributed by atoms with E-state index in [1.54, 1.807) is 0 Å². The molecule has 2 unspecified atom stereocenters. The number of carboxylic acid groups (broad SMARTS) is 1. The standard InChI is InChI=1S/C14H25NO4/c1-3-10(2)13(14(17)18)15-12(16)8-7-11-6-4-5-9-19-11/h10-11,13H,3-9H2,1-2H3,(H,15,16)(H,17,18)/t10?,11?,13-/m0/s1. The lowest BCUT2D eigenvalue weighted by molar-refractivity contribution is -0.143. The van der Waals surface area contributed by atoms with Gasteiger partial charge in [0.1, 0.15) is 6.04 Å². The van der Waals surface area contributed by atoms with E-state index in [0.29, 0.717) is 12.8 Å². The molecule has 2 N–H and O–H groups in total. The second-order valence-electron chi connectivity index (χ2n) is 5.30. The van der Waals surface area contributed by atoms with Crippen molar-refractivity contribution in [1.29, 1.82) is 0 Å². The maximum atomic E-state index is 11.8. The third-order valence-corrected chi connectivity index (χ3v) is 3.76. The quantitative estimate of drug-likeness (QED) is 0.742. The zero-order valence-electron chi connectivity index (χ0n) is 11.9. The third-order valence-electron chi connectivity index (χ3n) is 3.76. The smallest absolute Gasteiger partial charge is 0.326 e. The maximum Gasteiger partial charge on any atom is 0.326 e. The number of aliphatic carboxylic acids is 1. The van der Waals surface area contributed by atoms with Gasteiger partial charge in [-0.3, -0.25) is 4.79 Å². The van der Waals surface area contributed by atoms with E-state index in [2.05, 4.69) is 5.32 Å². The third kappa shape index (κ3) is 5.59. The van der Waals surface area contributed by atoms with Crippen LogP contribution in [0.15, 0.2) is 0 Å². The molecule has 5 heteroatoms. The molecule has 1 heterocycles. The molecule has 5 nitrogen and oxygen atoms in total. The number of carbonyl (C=O) groups is 2. The van der Waals surface area contributed by atoms with Crippen LogP contribution in [0.5, 0.6) is 0 Å². The summed E-state index contributed by atoms with van der Waals surface area (Å²) >= 11 is 0. The number of hydrogen-bond acceptors (Lipinski definition) is 3. The molecule has 0 radical (unpaired) electrons. The Hall–Kier alpha value is -1.10. The molecule has 0 aromatic carbocycles. The molecule has 1 aliphatic rings. The van der Waals surface area contributed by atoms with Crippen molar-refractivity contribution in [3.8, 4) is 0 Å². The van der Waals surface area contributed by atoms with Gasteiger partial charge in [0.05, 0.1) is 6.10 Å². The summed E-state index contributed by atoms with van der Waals surface area (Å²) in [6.45, 7) is 4.53. The first-order chi connectivity index (χ1) is 9.04. The fraction of sp³-hybridized carbons (Fsp3) is 0.857. The minimum atomic E-state index is -0.961. The first-order valence-corrected chi connectivity index (χ1v) is 7.18. The first-order valence-electron chi connectivity index (χ1n) is 7.18. The molecule has 0 saturated carbocycles. The summed E-state index contributed by atoms with van der Waals surface area (Å²) in [6.07, 6.45) is 5.15. The van der Waals surface area contributed by atoms with Crippen LogP contribution in [-0.4, -0.2) is 35.7 Å². The van der Waals surface area contributed by atoms with E-state index in [1.807, 2.05) is 13.8 Å². The topological polar surface area (TPSA) is 75.6 Å². The Bertz CT molecular complexity index is 300. The van der Waals surface area contributed by atoms with Gasteiger partial charge in [0, 0.05) is 13.0 Å². The minimum absolute atomic E-state index is 0.0626. The number of rotatable bonds is 7. The molecule has 0 spiro atoms. The molecule has 0 bridgehead atoms. The van der Waals surface area contributed by atoms with Crippen molar-refractivity contribution in [2.75, 3.05) is 6.61 Å². The zero-order valence-corrected chi connectivity index (χ0v) is 11.9. The van der Waals surface area contributed by atoms with Crippen molar-refractivity contribution in [2.45, 2.75) is 64.5 Å². The summed E-state index contributed by atoms with van der Waals surface area (Å²) < 4.78 is 5.55. The Balaban J connectivity index is 2.33. The Morgan fingerprint density at radius 2 is 2.16 bits per heavy atom. The lowest BCUT2D eigenvalue weighted by Gasteiger charge is -2.23. The van der Waals surface area contributed by atoms with Gasteiger partial charge >= 0.3 is 5.97 Å². The van der Waals surface area contributed by atoms with Crippen LogP contribution < -0.4 is 5.32 Å². The number of amides is 1. The van der Waals surface area contributed by atoms with Gasteiger partial charge in [-0.2, -0.15) is 0 Å². The zero-order chi connectivity index (χ0) is 14.3.